The number of carbonyl (C=O) groups excluding carboxylic acids is 1. The smallest absolute Gasteiger partial charge is 0.263 e. The number of rotatable bonds is 5. The van der Waals surface area contributed by atoms with Gasteiger partial charge in [0.1, 0.15) is 4.90 Å². The van der Waals surface area contributed by atoms with Gasteiger partial charge in [0.05, 0.1) is 21.4 Å². The molecule has 2 N–H and O–H groups in total. The van der Waals surface area contributed by atoms with Crippen LogP contribution in [0.15, 0.2) is 59.5 Å². The molecule has 0 saturated heterocycles. The second-order valence-electron chi connectivity index (χ2n) is 6.65. The standard InChI is InChI=1S/C21H17Cl3N2O3S/c1-12-3-8-18(13(2)9-12)26-30(28,29)20-10-14(4-6-17(20)24)21(27)25-19-11-15(22)5-7-16(19)23/h3-11,26H,1-2H3,(H,25,27). The van der Waals surface area contributed by atoms with Crippen LogP contribution in [0.5, 0.6) is 0 Å². The molecule has 9 heteroatoms. The first-order valence-corrected chi connectivity index (χ1v) is 11.3. The molecule has 30 heavy (non-hydrogen) atoms. The van der Waals surface area contributed by atoms with Crippen LogP contribution in [-0.4, -0.2) is 14.3 Å². The highest BCUT2D eigenvalue weighted by Crippen LogP contribution is 2.29. The van der Waals surface area contributed by atoms with Crippen molar-refractivity contribution in [3.05, 3.63) is 86.4 Å². The van der Waals surface area contributed by atoms with E-state index in [1.165, 1.54) is 24.3 Å². The van der Waals surface area contributed by atoms with Gasteiger partial charge in [0.15, 0.2) is 0 Å². The predicted molar refractivity (Wildman–Crippen MR) is 123 cm³/mol. The maximum atomic E-state index is 12.9. The van der Waals surface area contributed by atoms with Gasteiger partial charge in [0, 0.05) is 10.6 Å². The summed E-state index contributed by atoms with van der Waals surface area (Å²) in [6.07, 6.45) is 0. The third-order valence-corrected chi connectivity index (χ3v) is 6.70. The van der Waals surface area contributed by atoms with Crippen LogP contribution in [0.1, 0.15) is 21.5 Å². The molecule has 0 atom stereocenters. The fourth-order valence-corrected chi connectivity index (χ4v) is 4.76. The summed E-state index contributed by atoms with van der Waals surface area (Å²) in [6, 6.07) is 13.9. The summed E-state index contributed by atoms with van der Waals surface area (Å²) >= 11 is 18.1. The monoisotopic (exact) mass is 482 g/mol. The van der Waals surface area contributed by atoms with Crippen LogP contribution < -0.4 is 10.0 Å². The first-order chi connectivity index (χ1) is 14.1. The Morgan fingerprint density at radius 1 is 0.833 bits per heavy atom. The summed E-state index contributed by atoms with van der Waals surface area (Å²) in [6.45, 7) is 3.71. The Bertz CT molecular complexity index is 1240. The SMILES string of the molecule is Cc1ccc(NS(=O)(=O)c2cc(C(=O)Nc3cc(Cl)ccc3Cl)ccc2Cl)c(C)c1. The largest absolute Gasteiger partial charge is 0.321 e. The van der Waals surface area contributed by atoms with Crippen molar-refractivity contribution in [1.29, 1.82) is 0 Å². The van der Waals surface area contributed by atoms with E-state index in [0.717, 1.165) is 11.1 Å². The fraction of sp³-hybridized carbons (Fsp3) is 0.0952. The lowest BCUT2D eigenvalue weighted by molar-refractivity contribution is 0.102. The van der Waals surface area contributed by atoms with E-state index >= 15 is 0 Å². The predicted octanol–water partition coefficient (Wildman–Crippen LogP) is 6.32. The summed E-state index contributed by atoms with van der Waals surface area (Å²) in [7, 11) is -4.03. The van der Waals surface area contributed by atoms with E-state index in [4.69, 9.17) is 34.8 Å². The number of amides is 1. The number of sulfonamides is 1. The summed E-state index contributed by atoms with van der Waals surface area (Å²) < 4.78 is 28.4. The molecule has 1 amide bonds. The van der Waals surface area contributed by atoms with Crippen LogP contribution in [0.4, 0.5) is 11.4 Å². The van der Waals surface area contributed by atoms with E-state index in [-0.39, 0.29) is 15.5 Å². The molecular formula is C21H17Cl3N2O3S. The Hall–Kier alpha value is -2.25. The highest BCUT2D eigenvalue weighted by Gasteiger charge is 2.21. The number of halogens is 3. The highest BCUT2D eigenvalue weighted by atomic mass is 35.5. The Morgan fingerprint density at radius 3 is 2.23 bits per heavy atom. The average molecular weight is 484 g/mol. The maximum Gasteiger partial charge on any atom is 0.263 e. The number of aryl methyl sites for hydroxylation is 2. The molecule has 156 valence electrons. The highest BCUT2D eigenvalue weighted by molar-refractivity contribution is 7.92. The van der Waals surface area contributed by atoms with Gasteiger partial charge < -0.3 is 5.32 Å². The number of nitrogens with one attached hydrogen (secondary N) is 2. The third-order valence-electron chi connectivity index (χ3n) is 4.29. The Labute approximate surface area is 190 Å². The van der Waals surface area contributed by atoms with Crippen molar-refractivity contribution in [2.75, 3.05) is 10.0 Å². The lowest BCUT2D eigenvalue weighted by Gasteiger charge is -2.13. The van der Waals surface area contributed by atoms with E-state index in [9.17, 15) is 13.2 Å². The van der Waals surface area contributed by atoms with Gasteiger partial charge in [-0.3, -0.25) is 9.52 Å². The van der Waals surface area contributed by atoms with Gasteiger partial charge in [-0.15, -0.1) is 0 Å². The van der Waals surface area contributed by atoms with Gasteiger partial charge in [0.25, 0.3) is 15.9 Å². The second kappa shape index (κ2) is 8.86. The molecule has 0 unspecified atom stereocenters. The van der Waals surface area contributed by atoms with Crippen molar-refractivity contribution >= 4 is 62.1 Å². The molecular weight excluding hydrogens is 467 g/mol. The molecule has 3 aromatic rings. The van der Waals surface area contributed by atoms with Gasteiger partial charge in [-0.1, -0.05) is 52.5 Å². The van der Waals surface area contributed by atoms with Crippen LogP contribution in [0.2, 0.25) is 15.1 Å². The lowest BCUT2D eigenvalue weighted by Crippen LogP contribution is -2.17. The topological polar surface area (TPSA) is 75.3 Å². The van der Waals surface area contributed by atoms with Crippen LogP contribution >= 0.6 is 34.8 Å². The van der Waals surface area contributed by atoms with Gasteiger partial charge in [-0.25, -0.2) is 8.42 Å². The fourth-order valence-electron chi connectivity index (χ4n) is 2.77. The minimum absolute atomic E-state index is 0.00963. The number of anilines is 2. The van der Waals surface area contributed by atoms with Crippen molar-refractivity contribution in [2.45, 2.75) is 18.7 Å². The minimum Gasteiger partial charge on any atom is -0.321 e. The van der Waals surface area contributed by atoms with Crippen LogP contribution in [-0.2, 0) is 10.0 Å². The van der Waals surface area contributed by atoms with Crippen molar-refractivity contribution < 1.29 is 13.2 Å². The van der Waals surface area contributed by atoms with Crippen molar-refractivity contribution in [2.24, 2.45) is 0 Å². The molecule has 0 fully saturated rings. The summed E-state index contributed by atoms with van der Waals surface area (Å²) in [4.78, 5) is 12.4. The molecule has 0 aliphatic rings. The van der Waals surface area contributed by atoms with Crippen molar-refractivity contribution in [3.63, 3.8) is 0 Å². The molecule has 0 aliphatic carbocycles. The zero-order chi connectivity index (χ0) is 22.1. The van der Waals surface area contributed by atoms with Gasteiger partial charge in [-0.2, -0.15) is 0 Å². The van der Waals surface area contributed by atoms with Crippen LogP contribution in [0, 0.1) is 13.8 Å². The average Bonchev–Trinajstić information content (AvgIpc) is 2.67. The van der Waals surface area contributed by atoms with Crippen LogP contribution in [0.25, 0.3) is 0 Å². The maximum absolute atomic E-state index is 12.9. The molecule has 0 heterocycles. The molecule has 0 spiro atoms. The summed E-state index contributed by atoms with van der Waals surface area (Å²) in [5.74, 6) is -0.557. The number of hydrogen-bond acceptors (Lipinski definition) is 3. The Kier molecular flexibility index (Phi) is 6.62. The quantitative estimate of drug-likeness (QED) is 0.446. The zero-order valence-corrected chi connectivity index (χ0v) is 19.0. The molecule has 0 aliphatic heterocycles. The Balaban J connectivity index is 1.92. The molecule has 3 rings (SSSR count). The molecule has 5 nitrogen and oxygen atoms in total. The minimum atomic E-state index is -4.03. The molecule has 0 bridgehead atoms. The van der Waals surface area contributed by atoms with Gasteiger partial charge in [0.2, 0.25) is 0 Å². The first kappa shape index (κ1) is 22.4. The molecule has 0 aromatic heterocycles. The second-order valence-corrected chi connectivity index (χ2v) is 9.55. The zero-order valence-electron chi connectivity index (χ0n) is 16.0. The first-order valence-electron chi connectivity index (χ1n) is 8.73. The summed E-state index contributed by atoms with van der Waals surface area (Å²) in [5, 5.41) is 3.30. The third kappa shape index (κ3) is 5.08. The number of hydrogen-bond donors (Lipinski definition) is 2. The molecule has 0 radical (unpaired) electrons. The van der Waals surface area contributed by atoms with E-state index < -0.39 is 15.9 Å². The van der Waals surface area contributed by atoms with Gasteiger partial charge >= 0.3 is 0 Å². The number of carbonyl (C=O) groups is 1. The molecule has 3 aromatic carbocycles. The van der Waals surface area contributed by atoms with E-state index in [2.05, 4.69) is 10.0 Å². The molecule has 0 saturated carbocycles. The number of benzene rings is 3. The van der Waals surface area contributed by atoms with Crippen LogP contribution in [0.3, 0.4) is 0 Å². The van der Waals surface area contributed by atoms with E-state index in [1.807, 2.05) is 13.0 Å². The lowest BCUT2D eigenvalue weighted by atomic mass is 10.1. The van der Waals surface area contributed by atoms with E-state index in [1.54, 1.807) is 31.2 Å². The van der Waals surface area contributed by atoms with E-state index in [0.29, 0.717) is 21.4 Å². The van der Waals surface area contributed by atoms with Crippen molar-refractivity contribution in [1.82, 2.24) is 0 Å². The normalized spacial score (nSPS) is 11.2. The van der Waals surface area contributed by atoms with Crippen molar-refractivity contribution in [3.8, 4) is 0 Å². The summed E-state index contributed by atoms with van der Waals surface area (Å²) in [5.41, 5.74) is 2.60. The van der Waals surface area contributed by atoms with Gasteiger partial charge in [-0.05, 0) is 61.9 Å². The Morgan fingerprint density at radius 2 is 1.53 bits per heavy atom.